The Morgan fingerprint density at radius 2 is 1.79 bits per heavy atom. The molecule has 3 amide bonds. The van der Waals surface area contributed by atoms with Gasteiger partial charge in [0.05, 0.1) is 12.5 Å². The molecule has 0 bridgehead atoms. The van der Waals surface area contributed by atoms with E-state index in [-0.39, 0.29) is 36.7 Å². The maximum absolute atomic E-state index is 12.8. The molecule has 1 N–H and O–H groups in total. The van der Waals surface area contributed by atoms with Crippen LogP contribution in [0.4, 0.5) is 5.69 Å². The molecule has 0 radical (unpaired) electrons. The second-order valence-electron chi connectivity index (χ2n) is 7.52. The van der Waals surface area contributed by atoms with Gasteiger partial charge in [0, 0.05) is 24.3 Å². The van der Waals surface area contributed by atoms with Crippen LogP contribution in [0.1, 0.15) is 39.5 Å². The second kappa shape index (κ2) is 7.11. The summed E-state index contributed by atoms with van der Waals surface area (Å²) in [5.41, 5.74) is 4.57. The van der Waals surface area contributed by atoms with E-state index in [1.807, 2.05) is 44.2 Å². The molecule has 2 aromatic rings. The Morgan fingerprint density at radius 3 is 2.50 bits per heavy atom. The molecule has 6 nitrogen and oxygen atoms in total. The zero-order chi connectivity index (χ0) is 19.8. The zero-order valence-electron chi connectivity index (χ0n) is 16.1. The Morgan fingerprint density at radius 1 is 1.07 bits per heavy atom. The number of benzene rings is 2. The summed E-state index contributed by atoms with van der Waals surface area (Å²) in [4.78, 5) is 40.8. The Labute approximate surface area is 164 Å². The third-order valence-corrected chi connectivity index (χ3v) is 5.36. The van der Waals surface area contributed by atoms with Gasteiger partial charge in [-0.1, -0.05) is 24.3 Å². The minimum absolute atomic E-state index is 0.0636. The fraction of sp³-hybridized carbons (Fsp3) is 0.318. The van der Waals surface area contributed by atoms with Crippen LogP contribution in [0.5, 0.6) is 0 Å². The number of amides is 3. The van der Waals surface area contributed by atoms with Crippen molar-refractivity contribution in [1.29, 1.82) is 0 Å². The van der Waals surface area contributed by atoms with Crippen LogP contribution < -0.4 is 10.2 Å². The number of nitrogens with zero attached hydrogens (tertiary/aromatic N) is 2. The highest BCUT2D eigenvalue weighted by atomic mass is 16.2. The van der Waals surface area contributed by atoms with E-state index in [4.69, 9.17) is 0 Å². The summed E-state index contributed by atoms with van der Waals surface area (Å²) in [7, 11) is 0. The lowest BCUT2D eigenvalue weighted by Gasteiger charge is -2.35. The number of carbonyl (C=O) groups is 3. The predicted molar refractivity (Wildman–Crippen MR) is 106 cm³/mol. The molecule has 0 saturated carbocycles. The van der Waals surface area contributed by atoms with Crippen LogP contribution in [0.25, 0.3) is 0 Å². The van der Waals surface area contributed by atoms with Crippen molar-refractivity contribution in [3.8, 4) is 0 Å². The standard InChI is InChI=1S/C22H23N3O3/c1-14-9-15(2)11-16(10-14)25-8-7-24(13-21(25)27)20(26)12-19-17-5-3-4-6-18(17)22(28)23-19/h3-6,9-11,19H,7-8,12-13H2,1-2H3,(H,23,28)/t19-/m1/s1. The van der Waals surface area contributed by atoms with Crippen molar-refractivity contribution in [1.82, 2.24) is 10.2 Å². The summed E-state index contributed by atoms with van der Waals surface area (Å²) in [6.07, 6.45) is 0.166. The van der Waals surface area contributed by atoms with Gasteiger partial charge in [0.25, 0.3) is 5.91 Å². The van der Waals surface area contributed by atoms with E-state index in [1.54, 1.807) is 15.9 Å². The number of piperazine rings is 1. The lowest BCUT2D eigenvalue weighted by molar-refractivity contribution is -0.137. The van der Waals surface area contributed by atoms with Crippen molar-refractivity contribution >= 4 is 23.4 Å². The van der Waals surface area contributed by atoms with Gasteiger partial charge in [-0.05, 0) is 48.7 Å². The van der Waals surface area contributed by atoms with E-state index in [0.717, 1.165) is 22.4 Å². The third kappa shape index (κ3) is 3.38. The quantitative estimate of drug-likeness (QED) is 0.893. The van der Waals surface area contributed by atoms with Gasteiger partial charge in [-0.3, -0.25) is 14.4 Å². The SMILES string of the molecule is Cc1cc(C)cc(N2CCN(C(=O)C[C@H]3NC(=O)c4ccccc43)CC2=O)c1. The highest BCUT2D eigenvalue weighted by Gasteiger charge is 2.33. The molecule has 28 heavy (non-hydrogen) atoms. The molecule has 0 spiro atoms. The van der Waals surface area contributed by atoms with E-state index in [0.29, 0.717) is 18.7 Å². The summed E-state index contributed by atoms with van der Waals surface area (Å²) >= 11 is 0. The van der Waals surface area contributed by atoms with Gasteiger partial charge in [-0.25, -0.2) is 0 Å². The molecule has 2 aliphatic rings. The molecule has 2 heterocycles. The van der Waals surface area contributed by atoms with Crippen LogP contribution in [-0.2, 0) is 9.59 Å². The molecule has 1 fully saturated rings. The maximum Gasteiger partial charge on any atom is 0.252 e. The Hall–Kier alpha value is -3.15. The van der Waals surface area contributed by atoms with Crippen LogP contribution in [0.15, 0.2) is 42.5 Å². The number of rotatable bonds is 3. The number of fused-ring (bicyclic) bond motifs is 1. The van der Waals surface area contributed by atoms with Gasteiger partial charge in [0.15, 0.2) is 0 Å². The number of anilines is 1. The van der Waals surface area contributed by atoms with Crippen molar-refractivity contribution in [3.63, 3.8) is 0 Å². The minimum Gasteiger partial charge on any atom is -0.345 e. The fourth-order valence-corrected chi connectivity index (χ4v) is 4.05. The van der Waals surface area contributed by atoms with E-state index in [2.05, 4.69) is 11.4 Å². The lowest BCUT2D eigenvalue weighted by atomic mass is 10.0. The second-order valence-corrected chi connectivity index (χ2v) is 7.52. The molecule has 0 aliphatic carbocycles. The predicted octanol–water partition coefficient (Wildman–Crippen LogP) is 2.35. The van der Waals surface area contributed by atoms with Crippen molar-refractivity contribution < 1.29 is 14.4 Å². The van der Waals surface area contributed by atoms with Crippen molar-refractivity contribution in [2.45, 2.75) is 26.3 Å². The molecule has 6 heteroatoms. The normalized spacial score (nSPS) is 18.9. The highest BCUT2D eigenvalue weighted by Crippen LogP contribution is 2.28. The first-order chi connectivity index (χ1) is 13.4. The van der Waals surface area contributed by atoms with E-state index in [1.165, 1.54) is 0 Å². The van der Waals surface area contributed by atoms with Gasteiger partial charge < -0.3 is 15.1 Å². The summed E-state index contributed by atoms with van der Waals surface area (Å²) < 4.78 is 0. The molecule has 1 atom stereocenters. The summed E-state index contributed by atoms with van der Waals surface area (Å²) in [6, 6.07) is 13.0. The van der Waals surface area contributed by atoms with Gasteiger partial charge in [0.2, 0.25) is 11.8 Å². The zero-order valence-corrected chi connectivity index (χ0v) is 16.1. The Bertz CT molecular complexity index is 949. The molecule has 1 saturated heterocycles. The van der Waals surface area contributed by atoms with Gasteiger partial charge in [-0.2, -0.15) is 0 Å². The summed E-state index contributed by atoms with van der Waals surface area (Å²) in [5.74, 6) is -0.347. The van der Waals surface area contributed by atoms with Crippen LogP contribution in [0.2, 0.25) is 0 Å². The third-order valence-electron chi connectivity index (χ3n) is 5.36. The van der Waals surface area contributed by atoms with Crippen molar-refractivity contribution in [2.75, 3.05) is 24.5 Å². The van der Waals surface area contributed by atoms with Gasteiger partial charge >= 0.3 is 0 Å². The first kappa shape index (κ1) is 18.2. The first-order valence-electron chi connectivity index (χ1n) is 9.48. The summed E-state index contributed by atoms with van der Waals surface area (Å²) in [5, 5.41) is 2.87. The number of hydrogen-bond donors (Lipinski definition) is 1. The molecule has 144 valence electrons. The van der Waals surface area contributed by atoms with Crippen LogP contribution in [-0.4, -0.2) is 42.3 Å². The molecule has 0 unspecified atom stereocenters. The average molecular weight is 377 g/mol. The fourth-order valence-electron chi connectivity index (χ4n) is 4.05. The molecule has 2 aliphatic heterocycles. The largest absolute Gasteiger partial charge is 0.345 e. The van der Waals surface area contributed by atoms with E-state index in [9.17, 15) is 14.4 Å². The lowest BCUT2D eigenvalue weighted by Crippen LogP contribution is -2.52. The van der Waals surface area contributed by atoms with Crippen LogP contribution in [0, 0.1) is 13.8 Å². The monoisotopic (exact) mass is 377 g/mol. The number of nitrogens with one attached hydrogen (secondary N) is 1. The Balaban J connectivity index is 1.43. The minimum atomic E-state index is -0.330. The van der Waals surface area contributed by atoms with Crippen LogP contribution >= 0.6 is 0 Å². The molecule has 2 aromatic carbocycles. The van der Waals surface area contributed by atoms with E-state index < -0.39 is 0 Å². The average Bonchev–Trinajstić information content (AvgIpc) is 2.97. The topological polar surface area (TPSA) is 69.7 Å². The van der Waals surface area contributed by atoms with Crippen LogP contribution in [0.3, 0.4) is 0 Å². The highest BCUT2D eigenvalue weighted by molar-refractivity contribution is 6.00. The molecule has 0 aromatic heterocycles. The number of aryl methyl sites for hydroxylation is 2. The first-order valence-corrected chi connectivity index (χ1v) is 9.48. The maximum atomic E-state index is 12.8. The summed E-state index contributed by atoms with van der Waals surface area (Å²) in [6.45, 7) is 5.04. The number of hydrogen-bond acceptors (Lipinski definition) is 3. The molecular formula is C22H23N3O3. The Kier molecular flexibility index (Phi) is 4.63. The van der Waals surface area contributed by atoms with E-state index >= 15 is 0 Å². The number of carbonyl (C=O) groups excluding carboxylic acids is 3. The van der Waals surface area contributed by atoms with Crippen molar-refractivity contribution in [2.24, 2.45) is 0 Å². The molecular weight excluding hydrogens is 354 g/mol. The van der Waals surface area contributed by atoms with Crippen molar-refractivity contribution in [3.05, 3.63) is 64.7 Å². The smallest absolute Gasteiger partial charge is 0.252 e. The van der Waals surface area contributed by atoms with Gasteiger partial charge in [-0.15, -0.1) is 0 Å². The molecule has 4 rings (SSSR count). The van der Waals surface area contributed by atoms with Gasteiger partial charge in [0.1, 0.15) is 6.54 Å².